The molecular formula is C64H101N23O17S2. The number of carbonyl (C=O) groups excluding carboxylic acids is 13. The molecule has 106 heavy (non-hydrogen) atoms. The zero-order chi connectivity index (χ0) is 78.4. The van der Waals surface area contributed by atoms with Crippen molar-refractivity contribution in [1.82, 2.24) is 63.4 Å². The van der Waals surface area contributed by atoms with Gasteiger partial charge in [-0.25, -0.2) is 9.59 Å². The van der Waals surface area contributed by atoms with Gasteiger partial charge in [-0.15, -0.1) is 0 Å². The number of unbranched alkanes of at least 4 members (excludes halogenated alkanes) is 1. The van der Waals surface area contributed by atoms with Crippen molar-refractivity contribution in [3.8, 4) is 11.5 Å². The van der Waals surface area contributed by atoms with Crippen LogP contribution in [0.1, 0.15) is 107 Å². The Labute approximate surface area is 618 Å². The van der Waals surface area contributed by atoms with Crippen LogP contribution >= 0.6 is 21.6 Å². The Balaban J connectivity index is 1.94. The Morgan fingerprint density at radius 3 is 1.41 bits per heavy atom. The first kappa shape index (κ1) is 87.8. The van der Waals surface area contributed by atoms with Gasteiger partial charge in [-0.3, -0.25) is 67.5 Å². The van der Waals surface area contributed by atoms with Crippen molar-refractivity contribution in [3.63, 3.8) is 0 Å². The van der Waals surface area contributed by atoms with Crippen LogP contribution in [0.15, 0.2) is 58.5 Å². The number of aromatic hydroxyl groups is 2. The molecule has 4 rings (SSSR count). The number of guanidine groups is 2. The maximum Gasteiger partial charge on any atom is 0.312 e. The molecule has 0 bridgehead atoms. The number of primary amides is 3. The van der Waals surface area contributed by atoms with Gasteiger partial charge in [0.25, 0.3) is 0 Å². The lowest BCUT2D eigenvalue weighted by Gasteiger charge is -2.31. The highest BCUT2D eigenvalue weighted by Gasteiger charge is 2.41. The molecule has 42 heteroatoms. The molecule has 0 aromatic heterocycles. The second-order valence-electron chi connectivity index (χ2n) is 25.0. The van der Waals surface area contributed by atoms with E-state index in [-0.39, 0.29) is 164 Å². The first-order valence-corrected chi connectivity index (χ1v) is 36.8. The number of aliphatic imine (C=N–C) groups is 2. The predicted molar refractivity (Wildman–Crippen MR) is 391 cm³/mol. The van der Waals surface area contributed by atoms with Gasteiger partial charge in [0.2, 0.25) is 65.0 Å². The fourth-order valence-electron chi connectivity index (χ4n) is 11.0. The largest absolute Gasteiger partial charge is 0.508 e. The number of carboxylic acid groups (broad SMARTS) is 1. The highest BCUT2D eigenvalue weighted by molar-refractivity contribution is 8.76. The molecule has 2 aromatic carbocycles. The van der Waals surface area contributed by atoms with Crippen LogP contribution in [0.5, 0.6) is 11.5 Å². The number of nitrogens with two attached hydrogens (primary N) is 9. The van der Waals surface area contributed by atoms with Crippen molar-refractivity contribution in [2.75, 3.05) is 50.8 Å². The van der Waals surface area contributed by atoms with Gasteiger partial charge in [0.05, 0.1) is 6.04 Å². The quantitative estimate of drug-likeness (QED) is 0.0150. The van der Waals surface area contributed by atoms with Crippen LogP contribution in [0.25, 0.3) is 0 Å². The van der Waals surface area contributed by atoms with Gasteiger partial charge in [-0.2, -0.15) is 0 Å². The van der Waals surface area contributed by atoms with E-state index in [4.69, 9.17) is 51.6 Å². The number of urea groups is 2. The number of fused-ring (bicyclic) bond motifs is 1. The zero-order valence-corrected chi connectivity index (χ0v) is 60.2. The van der Waals surface area contributed by atoms with E-state index in [9.17, 15) is 82.4 Å². The Morgan fingerprint density at radius 1 is 0.519 bits per heavy atom. The molecular weight excluding hydrogens is 1430 g/mol. The number of nitrogens with one attached hydrogen (secondary N) is 11. The van der Waals surface area contributed by atoms with Gasteiger partial charge in [-0.1, -0.05) is 45.9 Å². The summed E-state index contributed by atoms with van der Waals surface area (Å²) in [5.74, 6) is -13.7. The average Bonchev–Trinajstić information content (AvgIpc) is 1.09. The molecule has 2 fully saturated rings. The summed E-state index contributed by atoms with van der Waals surface area (Å²) in [7, 11) is 1.81. The van der Waals surface area contributed by atoms with Crippen molar-refractivity contribution < 1.29 is 82.4 Å². The second kappa shape index (κ2) is 46.3. The van der Waals surface area contributed by atoms with Crippen LogP contribution in [0, 0.1) is 0 Å². The number of carboxylic acids is 1. The fraction of sp³-hybridized carbons (Fsp3) is 0.562. The van der Waals surface area contributed by atoms with E-state index in [1.165, 1.54) is 48.5 Å². The van der Waals surface area contributed by atoms with Gasteiger partial charge in [-0.05, 0) is 132 Å². The van der Waals surface area contributed by atoms with Crippen LogP contribution in [0.3, 0.4) is 0 Å². The number of aliphatic carboxylic acids is 1. The summed E-state index contributed by atoms with van der Waals surface area (Å²) in [6, 6.07) is -7.77. The number of benzene rings is 2. The van der Waals surface area contributed by atoms with Gasteiger partial charge in [0, 0.05) is 63.5 Å². The molecule has 11 atom stereocenters. The molecule has 32 N–H and O–H groups in total. The Morgan fingerprint density at radius 2 is 0.943 bits per heavy atom. The van der Waals surface area contributed by atoms with E-state index < -0.39 is 162 Å². The molecule has 40 nitrogen and oxygen atoms in total. The maximum absolute atomic E-state index is 14.9. The molecule has 0 spiro atoms. The van der Waals surface area contributed by atoms with Gasteiger partial charge in [0.15, 0.2) is 11.9 Å². The SMILES string of the molecule is NCCCC[C@@H]1NC(=O)[C@H](CCCNC(N)=O)NC(=O)[C@H](Cc2ccc(O)cc2)NC(=O)[C@@H](N)CSSC[C@@H](C(=O)N[C@@H](CCCN=C(N)N)C(N)=O)NC(=O)[C@H](CCCNC(N)=O)NC(=O)[C@H](CCCN=C(N)N)NC(=O)[C@H](Cc2ccc(O)cc2)NC(=O)[C@@H]2CCCN2C(=O)[C@@H](CCC(=O)O)NC1=O. The molecule has 0 unspecified atom stereocenters. The summed E-state index contributed by atoms with van der Waals surface area (Å²) < 4.78 is 0. The van der Waals surface area contributed by atoms with Crippen LogP contribution in [-0.2, 0) is 70.4 Å². The third kappa shape index (κ3) is 32.6. The fourth-order valence-corrected chi connectivity index (χ4v) is 13.3. The third-order valence-corrected chi connectivity index (χ3v) is 19.1. The second-order valence-corrected chi connectivity index (χ2v) is 27.6. The number of hydrogen-bond acceptors (Lipinski definition) is 22. The van der Waals surface area contributed by atoms with Crippen LogP contribution in [0.4, 0.5) is 9.59 Å². The lowest BCUT2D eigenvalue weighted by Crippen LogP contribution is -2.61. The first-order valence-electron chi connectivity index (χ1n) is 34.3. The van der Waals surface area contributed by atoms with Crippen molar-refractivity contribution in [3.05, 3.63) is 59.7 Å². The molecule has 2 aliphatic rings. The summed E-state index contributed by atoms with van der Waals surface area (Å²) >= 11 is 0. The minimum absolute atomic E-state index is 0.00648. The Kier molecular flexibility index (Phi) is 38.3. The molecule has 2 saturated heterocycles. The van der Waals surface area contributed by atoms with E-state index in [0.29, 0.717) is 17.5 Å². The summed E-state index contributed by atoms with van der Waals surface area (Å²) in [5, 5.41) is 58.5. The van der Waals surface area contributed by atoms with Crippen LogP contribution < -0.4 is 110 Å². The van der Waals surface area contributed by atoms with E-state index in [1.54, 1.807) is 0 Å². The van der Waals surface area contributed by atoms with Crippen LogP contribution in [-0.4, -0.2) is 232 Å². The highest BCUT2D eigenvalue weighted by Crippen LogP contribution is 2.25. The number of amides is 15. The van der Waals surface area contributed by atoms with Gasteiger partial charge >= 0.3 is 18.0 Å². The Bertz CT molecular complexity index is 3390. The standard InChI is InChI=1S/C64H101N23O17S2/c65-24-2-1-8-40-54(96)83-44(22-23-49(90)91)60(102)87-29-7-13-48(87)59(101)85-46(31-35-16-20-37(89)21-17-35)57(99)82-41(10-4-26-75-62(70)71)53(95)80-43(12-6-28-77-64(73)104)55(97)86-47(58(100)78-39(50(67)92)9-3-25-74-61(68)69)33-106-105-32-38(66)51(93)84-45(30-34-14-18-36(88)19-15-34)56(98)81-42(52(94)79-40)11-5-27-76-63(72)103/h14-21,38-48,88-89H,1-13,22-33,65-66H2,(H2,67,92)(H,78,100)(H,79,94)(H,80,95)(H,81,98)(H,82,99)(H,83,96)(H,84,93)(H,85,101)(H,86,97)(H,90,91)(H4,68,69,74)(H4,70,71,75)(H3,72,76,103)(H3,73,77,104)/t38-,39-,40-,41-,42-,43-,44+,45-,46-,47-,48-/m0/s1. The molecule has 2 aliphatic heterocycles. The molecule has 2 aromatic rings. The molecule has 15 amide bonds. The summed E-state index contributed by atoms with van der Waals surface area (Å²) in [5.41, 5.74) is 51.6. The number of nitrogens with zero attached hydrogens (tertiary/aromatic N) is 3. The van der Waals surface area contributed by atoms with Crippen molar-refractivity contribution in [1.29, 1.82) is 0 Å². The molecule has 586 valence electrons. The summed E-state index contributed by atoms with van der Waals surface area (Å²) in [6.45, 7) is -0.324. The first-order chi connectivity index (χ1) is 50.3. The van der Waals surface area contributed by atoms with E-state index in [0.717, 1.165) is 26.5 Å². The van der Waals surface area contributed by atoms with E-state index in [2.05, 4.69) is 68.5 Å². The van der Waals surface area contributed by atoms with Crippen molar-refractivity contribution in [2.45, 2.75) is 176 Å². The lowest BCUT2D eigenvalue weighted by atomic mass is 10.0. The maximum atomic E-state index is 14.9. The number of phenolic OH excluding ortho intramolecular Hbond substituents is 2. The predicted octanol–water partition coefficient (Wildman–Crippen LogP) is -6.56. The van der Waals surface area contributed by atoms with Gasteiger partial charge < -0.3 is 130 Å². The minimum atomic E-state index is -1.68. The minimum Gasteiger partial charge on any atom is -0.508 e. The molecule has 0 radical (unpaired) electrons. The summed E-state index contributed by atoms with van der Waals surface area (Å²) in [4.78, 5) is 205. The third-order valence-electron chi connectivity index (χ3n) is 16.6. The number of hydrogen-bond donors (Lipinski definition) is 23. The lowest BCUT2D eigenvalue weighted by molar-refractivity contribution is -0.143. The summed E-state index contributed by atoms with van der Waals surface area (Å²) in [6.07, 6.45) is -2.16. The smallest absolute Gasteiger partial charge is 0.312 e. The average molecular weight is 1530 g/mol. The number of carbonyl (C=O) groups is 14. The number of rotatable bonds is 30. The highest BCUT2D eigenvalue weighted by atomic mass is 33.1. The topological polar surface area (TPSA) is 694 Å². The van der Waals surface area contributed by atoms with Crippen LogP contribution in [0.2, 0.25) is 0 Å². The number of phenols is 2. The zero-order valence-electron chi connectivity index (χ0n) is 58.6. The molecule has 2 heterocycles. The molecule has 0 saturated carbocycles. The van der Waals surface area contributed by atoms with Crippen molar-refractivity contribution in [2.24, 2.45) is 61.6 Å². The van der Waals surface area contributed by atoms with Crippen molar-refractivity contribution >= 4 is 117 Å². The van der Waals surface area contributed by atoms with Gasteiger partial charge in [0.1, 0.15) is 71.9 Å². The van der Waals surface area contributed by atoms with E-state index >= 15 is 0 Å². The monoisotopic (exact) mass is 1530 g/mol. The molecule has 0 aliphatic carbocycles. The normalized spacial score (nSPS) is 22.5. The Hall–Kier alpha value is -10.6. The van der Waals surface area contributed by atoms with E-state index in [1.807, 2.05) is 0 Å².